The molecule has 1 aliphatic heterocycles. The summed E-state index contributed by atoms with van der Waals surface area (Å²) in [4.78, 5) is 28.0. The zero-order valence-corrected chi connectivity index (χ0v) is 14.0. The van der Waals surface area contributed by atoms with Gasteiger partial charge in [-0.15, -0.1) is 11.3 Å². The second-order valence-electron chi connectivity index (χ2n) is 6.03. The summed E-state index contributed by atoms with van der Waals surface area (Å²) in [6.45, 7) is -0.218. The molecule has 0 saturated heterocycles. The van der Waals surface area contributed by atoms with E-state index in [1.54, 1.807) is 17.7 Å². The molecule has 1 saturated carbocycles. The molecule has 0 bridgehead atoms. The molecule has 0 unspecified atom stereocenters. The third-order valence-corrected chi connectivity index (χ3v) is 5.00. The lowest BCUT2D eigenvalue weighted by Crippen LogP contribution is -2.51. The number of hydrogen-bond donors (Lipinski definition) is 3. The van der Waals surface area contributed by atoms with E-state index in [2.05, 4.69) is 15.6 Å². The maximum absolute atomic E-state index is 12.0. The number of amides is 2. The normalized spacial score (nSPS) is 26.6. The number of nitrogens with one attached hydrogen (secondary N) is 2. The van der Waals surface area contributed by atoms with Crippen LogP contribution in [0, 0.1) is 5.92 Å². The van der Waals surface area contributed by atoms with Crippen LogP contribution in [0.15, 0.2) is 23.7 Å². The van der Waals surface area contributed by atoms with Crippen molar-refractivity contribution in [3.05, 3.63) is 23.7 Å². The molecule has 1 aliphatic carbocycles. The first-order valence-electron chi connectivity index (χ1n) is 8.10. The Morgan fingerprint density at radius 3 is 2.83 bits per heavy atom. The topological polar surface area (TPSA) is 101 Å². The van der Waals surface area contributed by atoms with Crippen molar-refractivity contribution in [2.75, 3.05) is 11.9 Å². The summed E-state index contributed by atoms with van der Waals surface area (Å²) in [5, 5.41) is 17.5. The summed E-state index contributed by atoms with van der Waals surface area (Å²) < 4.78 is 5.74. The Labute approximate surface area is 144 Å². The van der Waals surface area contributed by atoms with Crippen molar-refractivity contribution < 1.29 is 19.4 Å². The molecular weight excluding hydrogens is 330 g/mol. The molecule has 130 valence electrons. The molecule has 0 spiro atoms. The highest BCUT2D eigenvalue weighted by Crippen LogP contribution is 2.27. The van der Waals surface area contributed by atoms with E-state index < -0.39 is 12.2 Å². The highest BCUT2D eigenvalue weighted by molar-refractivity contribution is 7.13. The fourth-order valence-electron chi connectivity index (χ4n) is 2.73. The third-order valence-electron chi connectivity index (χ3n) is 4.31. The summed E-state index contributed by atoms with van der Waals surface area (Å²) in [5.41, 5.74) is 0. The summed E-state index contributed by atoms with van der Waals surface area (Å²) >= 11 is 1.35. The summed E-state index contributed by atoms with van der Waals surface area (Å²) in [6, 6.07) is -0.360. The first kappa shape index (κ1) is 17.1. The molecule has 2 aliphatic rings. The maximum atomic E-state index is 12.0. The lowest BCUT2D eigenvalue weighted by molar-refractivity contribution is -0.131. The monoisotopic (exact) mass is 351 g/mol. The fourth-order valence-corrected chi connectivity index (χ4v) is 3.27. The van der Waals surface area contributed by atoms with Gasteiger partial charge in [-0.2, -0.15) is 0 Å². The Morgan fingerprint density at radius 2 is 2.21 bits per heavy atom. The molecule has 24 heavy (non-hydrogen) atoms. The summed E-state index contributed by atoms with van der Waals surface area (Å²) in [5.74, 6) is -0.106. The number of rotatable bonds is 6. The van der Waals surface area contributed by atoms with Gasteiger partial charge in [0.15, 0.2) is 5.13 Å². The average Bonchev–Trinajstić information content (AvgIpc) is 2.99. The van der Waals surface area contributed by atoms with Crippen LogP contribution in [-0.2, 0) is 14.3 Å². The summed E-state index contributed by atoms with van der Waals surface area (Å²) in [7, 11) is 0. The number of aliphatic hydroxyl groups is 1. The maximum Gasteiger partial charge on any atom is 0.229 e. The van der Waals surface area contributed by atoms with Gasteiger partial charge in [-0.05, 0) is 12.8 Å². The molecule has 1 aromatic heterocycles. The number of hydrogen-bond acceptors (Lipinski definition) is 6. The molecule has 3 atom stereocenters. The van der Waals surface area contributed by atoms with Crippen molar-refractivity contribution in [1.82, 2.24) is 10.3 Å². The lowest BCUT2D eigenvalue weighted by Gasteiger charge is -2.33. The number of ether oxygens (including phenoxy) is 1. The SMILES string of the molecule is O=C(C[C@H]1C=C[C@H](NC(=O)C2CCC2)[C@H](CO)O1)Nc1nccs1. The Hall–Kier alpha value is -1.77. The number of thiazole rings is 1. The van der Waals surface area contributed by atoms with E-state index in [1.165, 1.54) is 11.3 Å². The van der Waals surface area contributed by atoms with Gasteiger partial charge < -0.3 is 20.5 Å². The molecule has 3 N–H and O–H groups in total. The highest BCUT2D eigenvalue weighted by atomic mass is 32.1. The first-order valence-corrected chi connectivity index (χ1v) is 8.98. The van der Waals surface area contributed by atoms with E-state index in [0.29, 0.717) is 5.13 Å². The van der Waals surface area contributed by atoms with Crippen molar-refractivity contribution >= 4 is 28.3 Å². The fraction of sp³-hybridized carbons (Fsp3) is 0.562. The molecular formula is C16H21N3O4S. The largest absolute Gasteiger partial charge is 0.394 e. The van der Waals surface area contributed by atoms with Gasteiger partial charge in [-0.25, -0.2) is 4.98 Å². The smallest absolute Gasteiger partial charge is 0.229 e. The summed E-state index contributed by atoms with van der Waals surface area (Å²) in [6.07, 6.45) is 7.29. The van der Waals surface area contributed by atoms with Crippen LogP contribution in [0.4, 0.5) is 5.13 Å². The molecule has 0 aromatic carbocycles. The number of aromatic nitrogens is 1. The van der Waals surface area contributed by atoms with E-state index in [1.807, 2.05) is 6.08 Å². The predicted molar refractivity (Wildman–Crippen MR) is 89.5 cm³/mol. The van der Waals surface area contributed by atoms with Crippen LogP contribution in [0.25, 0.3) is 0 Å². The minimum absolute atomic E-state index is 0.0120. The van der Waals surface area contributed by atoms with Crippen LogP contribution in [0.1, 0.15) is 25.7 Å². The van der Waals surface area contributed by atoms with Gasteiger partial charge >= 0.3 is 0 Å². The molecule has 8 heteroatoms. The molecule has 0 radical (unpaired) electrons. The van der Waals surface area contributed by atoms with Gasteiger partial charge in [0, 0.05) is 17.5 Å². The molecule has 7 nitrogen and oxygen atoms in total. The zero-order valence-electron chi connectivity index (χ0n) is 13.2. The molecule has 1 fully saturated rings. The van der Waals surface area contributed by atoms with Gasteiger partial charge in [0.05, 0.1) is 25.2 Å². The predicted octanol–water partition coefficient (Wildman–Crippen LogP) is 1.07. The van der Waals surface area contributed by atoms with Crippen LogP contribution in [-0.4, -0.2) is 46.8 Å². The van der Waals surface area contributed by atoms with Crippen molar-refractivity contribution in [2.24, 2.45) is 5.92 Å². The molecule has 2 amide bonds. The Bertz CT molecular complexity index is 600. The van der Waals surface area contributed by atoms with E-state index in [9.17, 15) is 14.7 Å². The van der Waals surface area contributed by atoms with Gasteiger partial charge in [0.2, 0.25) is 11.8 Å². The Balaban J connectivity index is 1.52. The lowest BCUT2D eigenvalue weighted by atomic mass is 9.84. The zero-order chi connectivity index (χ0) is 16.9. The van der Waals surface area contributed by atoms with E-state index in [0.717, 1.165) is 19.3 Å². The quantitative estimate of drug-likeness (QED) is 0.666. The Morgan fingerprint density at radius 1 is 1.38 bits per heavy atom. The first-order chi connectivity index (χ1) is 11.7. The number of aliphatic hydroxyl groups excluding tert-OH is 1. The van der Waals surface area contributed by atoms with Crippen LogP contribution < -0.4 is 10.6 Å². The van der Waals surface area contributed by atoms with E-state index in [4.69, 9.17) is 4.74 Å². The standard InChI is InChI=1S/C16H21N3O4S/c20-9-13-12(18-15(22)10-2-1-3-10)5-4-11(23-13)8-14(21)19-16-17-6-7-24-16/h4-7,10-13,20H,1-3,8-9H2,(H,18,22)(H,17,19,21)/t11-,12+,13+/m1/s1. The van der Waals surface area contributed by atoms with Gasteiger partial charge in [-0.3, -0.25) is 9.59 Å². The number of anilines is 1. The third kappa shape index (κ3) is 4.19. The average molecular weight is 351 g/mol. The van der Waals surface area contributed by atoms with Crippen molar-refractivity contribution in [3.8, 4) is 0 Å². The van der Waals surface area contributed by atoms with Crippen molar-refractivity contribution in [3.63, 3.8) is 0 Å². The number of carbonyl (C=O) groups is 2. The van der Waals surface area contributed by atoms with Crippen LogP contribution in [0.2, 0.25) is 0 Å². The van der Waals surface area contributed by atoms with Crippen molar-refractivity contribution in [1.29, 1.82) is 0 Å². The van der Waals surface area contributed by atoms with Crippen LogP contribution in [0.5, 0.6) is 0 Å². The second kappa shape index (κ2) is 7.87. The molecule has 3 rings (SSSR count). The van der Waals surface area contributed by atoms with Crippen LogP contribution >= 0.6 is 11.3 Å². The minimum atomic E-state index is -0.545. The van der Waals surface area contributed by atoms with Gasteiger partial charge in [0.25, 0.3) is 0 Å². The van der Waals surface area contributed by atoms with Gasteiger partial charge in [0.1, 0.15) is 6.10 Å². The Kier molecular flexibility index (Phi) is 5.60. The van der Waals surface area contributed by atoms with Gasteiger partial charge in [-0.1, -0.05) is 18.6 Å². The second-order valence-corrected chi connectivity index (χ2v) is 6.93. The minimum Gasteiger partial charge on any atom is -0.394 e. The van der Waals surface area contributed by atoms with E-state index in [-0.39, 0.29) is 36.8 Å². The molecule has 1 aromatic rings. The molecule has 2 heterocycles. The number of nitrogens with zero attached hydrogens (tertiary/aromatic N) is 1. The van der Waals surface area contributed by atoms with E-state index >= 15 is 0 Å². The highest BCUT2D eigenvalue weighted by Gasteiger charge is 2.32. The number of carbonyl (C=O) groups excluding carboxylic acids is 2. The van der Waals surface area contributed by atoms with Crippen LogP contribution in [0.3, 0.4) is 0 Å². The van der Waals surface area contributed by atoms with Crippen molar-refractivity contribution in [2.45, 2.75) is 43.9 Å².